The SMILES string of the molecule is COc1ccc(C2CN(C(=O)NC3CCCCC3)CCS2)cc1. The summed E-state index contributed by atoms with van der Waals surface area (Å²) in [7, 11) is 1.68. The first-order valence-corrected chi connectivity index (χ1v) is 9.62. The standard InChI is InChI=1S/C18H26N2O2S/c1-22-16-9-7-14(8-10-16)17-13-20(11-12-23-17)18(21)19-15-5-3-2-4-6-15/h7-10,15,17H,2-6,11-13H2,1H3,(H,19,21). The zero-order valence-electron chi connectivity index (χ0n) is 13.8. The molecule has 1 aromatic rings. The van der Waals surface area contributed by atoms with Gasteiger partial charge in [-0.05, 0) is 30.5 Å². The van der Waals surface area contributed by atoms with Gasteiger partial charge in [-0.15, -0.1) is 0 Å². The first-order chi connectivity index (χ1) is 11.3. The van der Waals surface area contributed by atoms with E-state index in [0.717, 1.165) is 37.4 Å². The molecule has 1 heterocycles. The summed E-state index contributed by atoms with van der Waals surface area (Å²) >= 11 is 1.93. The molecule has 1 aromatic carbocycles. The number of benzene rings is 1. The molecule has 0 spiro atoms. The predicted octanol–water partition coefficient (Wildman–Crippen LogP) is 3.83. The fourth-order valence-electron chi connectivity index (χ4n) is 3.37. The normalized spacial score (nSPS) is 22.7. The molecule has 0 bridgehead atoms. The lowest BCUT2D eigenvalue weighted by molar-refractivity contribution is 0.191. The quantitative estimate of drug-likeness (QED) is 0.913. The topological polar surface area (TPSA) is 41.6 Å². The maximum absolute atomic E-state index is 12.5. The van der Waals surface area contributed by atoms with E-state index in [1.54, 1.807) is 7.11 Å². The molecule has 23 heavy (non-hydrogen) atoms. The number of ether oxygens (including phenoxy) is 1. The van der Waals surface area contributed by atoms with Gasteiger partial charge in [0.25, 0.3) is 0 Å². The monoisotopic (exact) mass is 334 g/mol. The summed E-state index contributed by atoms with van der Waals surface area (Å²) < 4.78 is 5.22. The molecule has 1 saturated carbocycles. The molecule has 1 N–H and O–H groups in total. The van der Waals surface area contributed by atoms with Gasteiger partial charge in [-0.3, -0.25) is 0 Å². The van der Waals surface area contributed by atoms with Crippen molar-refractivity contribution in [2.24, 2.45) is 0 Å². The number of hydrogen-bond donors (Lipinski definition) is 1. The minimum Gasteiger partial charge on any atom is -0.497 e. The molecule has 2 aliphatic rings. The molecule has 126 valence electrons. The van der Waals surface area contributed by atoms with E-state index in [0.29, 0.717) is 11.3 Å². The number of methoxy groups -OCH3 is 1. The Balaban J connectivity index is 1.57. The second-order valence-corrected chi connectivity index (χ2v) is 7.67. The van der Waals surface area contributed by atoms with E-state index in [1.165, 1.54) is 24.8 Å². The molecule has 1 saturated heterocycles. The highest BCUT2D eigenvalue weighted by Gasteiger charge is 2.26. The van der Waals surface area contributed by atoms with Crippen LogP contribution in [0.2, 0.25) is 0 Å². The first-order valence-electron chi connectivity index (χ1n) is 8.57. The minimum absolute atomic E-state index is 0.121. The Labute approximate surface area is 143 Å². The number of rotatable bonds is 3. The van der Waals surface area contributed by atoms with Crippen LogP contribution in [0.1, 0.15) is 42.9 Å². The van der Waals surface area contributed by atoms with Crippen LogP contribution in [-0.4, -0.2) is 42.9 Å². The maximum atomic E-state index is 12.5. The number of hydrogen-bond acceptors (Lipinski definition) is 3. The molecule has 4 nitrogen and oxygen atoms in total. The lowest BCUT2D eigenvalue weighted by Crippen LogP contribution is -2.48. The van der Waals surface area contributed by atoms with Crippen molar-refractivity contribution in [2.45, 2.75) is 43.4 Å². The molecule has 2 amide bonds. The number of urea groups is 1. The van der Waals surface area contributed by atoms with E-state index in [2.05, 4.69) is 17.4 Å². The van der Waals surface area contributed by atoms with Gasteiger partial charge in [0.2, 0.25) is 0 Å². The number of amides is 2. The van der Waals surface area contributed by atoms with Crippen LogP contribution in [0.25, 0.3) is 0 Å². The van der Waals surface area contributed by atoms with Crippen LogP contribution in [0.15, 0.2) is 24.3 Å². The van der Waals surface area contributed by atoms with Crippen molar-refractivity contribution in [1.82, 2.24) is 10.2 Å². The fraction of sp³-hybridized carbons (Fsp3) is 0.611. The summed E-state index contributed by atoms with van der Waals surface area (Å²) in [5.74, 6) is 1.87. The van der Waals surface area contributed by atoms with Crippen LogP contribution in [-0.2, 0) is 0 Å². The number of thioether (sulfide) groups is 1. The molecule has 0 aromatic heterocycles. The van der Waals surface area contributed by atoms with Crippen molar-refractivity contribution >= 4 is 17.8 Å². The summed E-state index contributed by atoms with van der Waals surface area (Å²) in [6, 6.07) is 8.72. The smallest absolute Gasteiger partial charge is 0.317 e. The summed E-state index contributed by atoms with van der Waals surface area (Å²) in [6.45, 7) is 1.63. The van der Waals surface area contributed by atoms with Crippen LogP contribution in [0.5, 0.6) is 5.75 Å². The number of carbonyl (C=O) groups excluding carboxylic acids is 1. The first kappa shape index (κ1) is 16.5. The van der Waals surface area contributed by atoms with Crippen molar-refractivity contribution in [2.75, 3.05) is 26.0 Å². The third-order valence-corrected chi connectivity index (χ3v) is 6.02. The Bertz CT molecular complexity index is 514. The van der Waals surface area contributed by atoms with E-state index in [9.17, 15) is 4.79 Å². The molecule has 2 fully saturated rings. The summed E-state index contributed by atoms with van der Waals surface area (Å²) in [6.07, 6.45) is 6.07. The lowest BCUT2D eigenvalue weighted by atomic mass is 9.96. The summed E-state index contributed by atoms with van der Waals surface area (Å²) in [5, 5.41) is 3.59. The van der Waals surface area contributed by atoms with Gasteiger partial charge in [0.1, 0.15) is 5.75 Å². The van der Waals surface area contributed by atoms with E-state index in [4.69, 9.17) is 4.74 Å². The molecule has 1 aliphatic heterocycles. The van der Waals surface area contributed by atoms with Crippen LogP contribution in [0, 0.1) is 0 Å². The molecule has 3 rings (SSSR count). The highest BCUT2D eigenvalue weighted by atomic mass is 32.2. The van der Waals surface area contributed by atoms with E-state index in [1.807, 2.05) is 28.8 Å². The third-order valence-electron chi connectivity index (χ3n) is 4.77. The van der Waals surface area contributed by atoms with E-state index >= 15 is 0 Å². The highest BCUT2D eigenvalue weighted by Crippen LogP contribution is 2.34. The highest BCUT2D eigenvalue weighted by molar-refractivity contribution is 7.99. The Hall–Kier alpha value is -1.36. The Morgan fingerprint density at radius 1 is 1.22 bits per heavy atom. The van der Waals surface area contributed by atoms with Crippen molar-refractivity contribution in [1.29, 1.82) is 0 Å². The fourth-order valence-corrected chi connectivity index (χ4v) is 4.61. The Kier molecular flexibility index (Phi) is 5.70. The molecular formula is C18H26N2O2S. The summed E-state index contributed by atoms with van der Waals surface area (Å²) in [4.78, 5) is 14.5. The van der Waals surface area contributed by atoms with Crippen LogP contribution in [0.3, 0.4) is 0 Å². The van der Waals surface area contributed by atoms with Gasteiger partial charge in [-0.2, -0.15) is 11.8 Å². The number of carbonyl (C=O) groups is 1. The third kappa shape index (κ3) is 4.34. The van der Waals surface area contributed by atoms with E-state index < -0.39 is 0 Å². The summed E-state index contributed by atoms with van der Waals surface area (Å²) in [5.41, 5.74) is 1.27. The zero-order chi connectivity index (χ0) is 16.1. The van der Waals surface area contributed by atoms with Gasteiger partial charge in [0.15, 0.2) is 0 Å². The minimum atomic E-state index is 0.121. The lowest BCUT2D eigenvalue weighted by Gasteiger charge is -2.34. The van der Waals surface area contributed by atoms with Gasteiger partial charge < -0.3 is 15.0 Å². The van der Waals surface area contributed by atoms with Gasteiger partial charge in [0, 0.05) is 30.1 Å². The molecule has 1 unspecified atom stereocenters. The van der Waals surface area contributed by atoms with Crippen molar-refractivity contribution in [3.05, 3.63) is 29.8 Å². The Morgan fingerprint density at radius 3 is 2.65 bits per heavy atom. The van der Waals surface area contributed by atoms with E-state index in [-0.39, 0.29) is 6.03 Å². The molecule has 0 radical (unpaired) electrons. The molecule has 5 heteroatoms. The molecule has 1 aliphatic carbocycles. The largest absolute Gasteiger partial charge is 0.497 e. The van der Waals surface area contributed by atoms with Crippen LogP contribution < -0.4 is 10.1 Å². The van der Waals surface area contributed by atoms with Crippen molar-refractivity contribution in [3.63, 3.8) is 0 Å². The molecular weight excluding hydrogens is 308 g/mol. The zero-order valence-corrected chi connectivity index (χ0v) is 14.6. The van der Waals surface area contributed by atoms with Crippen LogP contribution in [0.4, 0.5) is 4.79 Å². The maximum Gasteiger partial charge on any atom is 0.317 e. The van der Waals surface area contributed by atoms with Gasteiger partial charge in [-0.1, -0.05) is 31.4 Å². The van der Waals surface area contributed by atoms with Gasteiger partial charge >= 0.3 is 6.03 Å². The second-order valence-electron chi connectivity index (χ2n) is 6.36. The average molecular weight is 334 g/mol. The van der Waals surface area contributed by atoms with Crippen LogP contribution >= 0.6 is 11.8 Å². The second kappa shape index (κ2) is 7.95. The number of nitrogens with one attached hydrogen (secondary N) is 1. The van der Waals surface area contributed by atoms with Crippen molar-refractivity contribution < 1.29 is 9.53 Å². The van der Waals surface area contributed by atoms with Gasteiger partial charge in [-0.25, -0.2) is 4.79 Å². The Morgan fingerprint density at radius 2 is 1.96 bits per heavy atom. The van der Waals surface area contributed by atoms with Crippen molar-refractivity contribution in [3.8, 4) is 5.75 Å². The van der Waals surface area contributed by atoms with Gasteiger partial charge in [0.05, 0.1) is 7.11 Å². The number of nitrogens with zero attached hydrogens (tertiary/aromatic N) is 1. The predicted molar refractivity (Wildman–Crippen MR) is 95.2 cm³/mol. The molecule has 1 atom stereocenters. The average Bonchev–Trinajstić information content (AvgIpc) is 2.63.